The maximum atomic E-state index is 13.2. The molecule has 0 unspecified atom stereocenters. The molecular weight excluding hydrogens is 343 g/mol. The van der Waals surface area contributed by atoms with Gasteiger partial charge in [-0.15, -0.1) is 0 Å². The molecule has 6 heteroatoms. The van der Waals surface area contributed by atoms with Gasteiger partial charge in [0.15, 0.2) is 5.65 Å². The van der Waals surface area contributed by atoms with Gasteiger partial charge in [-0.2, -0.15) is 0 Å². The minimum Gasteiger partial charge on any atom is -0.285 e. The lowest BCUT2D eigenvalue weighted by atomic mass is 10.1. The van der Waals surface area contributed by atoms with Crippen molar-refractivity contribution in [2.24, 2.45) is 0 Å². The number of hydrogen-bond donors (Lipinski definition) is 0. The average molecular weight is 360 g/mol. The number of aryl methyl sites for hydroxylation is 2. The second-order valence-corrected chi connectivity index (χ2v) is 6.29. The van der Waals surface area contributed by atoms with Gasteiger partial charge in [-0.3, -0.25) is 9.36 Å². The lowest BCUT2D eigenvalue weighted by Gasteiger charge is -2.11. The number of halogens is 1. The van der Waals surface area contributed by atoms with Gasteiger partial charge in [0.2, 0.25) is 0 Å². The minimum atomic E-state index is -0.309. The molecule has 0 bridgehead atoms. The van der Waals surface area contributed by atoms with Crippen molar-refractivity contribution in [1.82, 2.24) is 19.5 Å². The van der Waals surface area contributed by atoms with Crippen LogP contribution < -0.4 is 5.56 Å². The van der Waals surface area contributed by atoms with Crippen molar-refractivity contribution in [1.29, 1.82) is 0 Å². The van der Waals surface area contributed by atoms with E-state index in [4.69, 9.17) is 0 Å². The summed E-state index contributed by atoms with van der Waals surface area (Å²) in [5, 5.41) is 0. The molecule has 0 N–H and O–H groups in total. The van der Waals surface area contributed by atoms with Crippen LogP contribution in [0.1, 0.15) is 16.8 Å². The van der Waals surface area contributed by atoms with E-state index in [1.165, 1.54) is 18.5 Å². The van der Waals surface area contributed by atoms with E-state index >= 15 is 0 Å². The predicted molar refractivity (Wildman–Crippen MR) is 101 cm³/mol. The van der Waals surface area contributed by atoms with Crippen LogP contribution in [0.5, 0.6) is 0 Å². The van der Waals surface area contributed by atoms with Crippen molar-refractivity contribution in [3.63, 3.8) is 0 Å². The van der Waals surface area contributed by atoms with E-state index in [-0.39, 0.29) is 11.4 Å². The van der Waals surface area contributed by atoms with Gasteiger partial charge in [0.1, 0.15) is 23.4 Å². The van der Waals surface area contributed by atoms with Gasteiger partial charge in [0.05, 0.1) is 12.7 Å². The Morgan fingerprint density at radius 1 is 0.926 bits per heavy atom. The molecule has 2 heterocycles. The van der Waals surface area contributed by atoms with E-state index in [1.54, 1.807) is 22.9 Å². The quantitative estimate of drug-likeness (QED) is 0.548. The summed E-state index contributed by atoms with van der Waals surface area (Å²) in [5.74, 6) is -0.309. The summed E-state index contributed by atoms with van der Waals surface area (Å²) < 4.78 is 14.8. The zero-order valence-electron chi connectivity index (χ0n) is 14.5. The first-order chi connectivity index (χ1) is 13.2. The summed E-state index contributed by atoms with van der Waals surface area (Å²) >= 11 is 0. The molecule has 0 fully saturated rings. The van der Waals surface area contributed by atoms with Crippen LogP contribution in [0.25, 0.3) is 11.2 Å². The topological polar surface area (TPSA) is 60.7 Å². The second-order valence-electron chi connectivity index (χ2n) is 6.29. The molecule has 0 atom stereocenters. The normalized spacial score (nSPS) is 11.0. The zero-order valence-corrected chi connectivity index (χ0v) is 14.5. The molecule has 0 saturated heterocycles. The molecular formula is C21H17FN4O. The Bertz CT molecular complexity index is 1120. The molecule has 0 aliphatic rings. The SMILES string of the molecule is O=c1c(CCc2ccccc2)nc2cncnc2n1Cc1ccc(F)cc1. The van der Waals surface area contributed by atoms with E-state index in [1.807, 2.05) is 30.3 Å². The Kier molecular flexibility index (Phi) is 4.70. The summed E-state index contributed by atoms with van der Waals surface area (Å²) in [7, 11) is 0. The number of hydrogen-bond acceptors (Lipinski definition) is 4. The van der Waals surface area contributed by atoms with E-state index in [2.05, 4.69) is 15.0 Å². The van der Waals surface area contributed by atoms with Crippen molar-refractivity contribution >= 4 is 11.2 Å². The van der Waals surface area contributed by atoms with Gasteiger partial charge >= 0.3 is 0 Å². The lowest BCUT2D eigenvalue weighted by molar-refractivity contribution is 0.626. The Hall–Kier alpha value is -3.41. The Morgan fingerprint density at radius 2 is 1.70 bits per heavy atom. The summed E-state index contributed by atoms with van der Waals surface area (Å²) in [5.41, 5.74) is 3.31. The van der Waals surface area contributed by atoms with Crippen LogP contribution in [0.4, 0.5) is 4.39 Å². The van der Waals surface area contributed by atoms with Crippen LogP contribution in [-0.4, -0.2) is 19.5 Å². The van der Waals surface area contributed by atoms with Crippen LogP contribution in [0.3, 0.4) is 0 Å². The highest BCUT2D eigenvalue weighted by atomic mass is 19.1. The standard InChI is InChI=1S/C21H17FN4O/c22-17-9-6-16(7-10-17)13-26-20-19(12-23-14-24-20)25-18(21(26)27)11-8-15-4-2-1-3-5-15/h1-7,9-10,12,14H,8,11,13H2. The summed E-state index contributed by atoms with van der Waals surface area (Å²) in [4.78, 5) is 25.8. The van der Waals surface area contributed by atoms with Crippen molar-refractivity contribution < 1.29 is 4.39 Å². The number of rotatable bonds is 5. The largest absolute Gasteiger partial charge is 0.285 e. The molecule has 4 rings (SSSR count). The van der Waals surface area contributed by atoms with Crippen LogP contribution in [0.15, 0.2) is 71.9 Å². The molecule has 4 aromatic rings. The van der Waals surface area contributed by atoms with Crippen molar-refractivity contribution in [2.75, 3.05) is 0 Å². The van der Waals surface area contributed by atoms with Gasteiger partial charge in [-0.25, -0.2) is 19.3 Å². The zero-order chi connectivity index (χ0) is 18.6. The predicted octanol–water partition coefficient (Wildman–Crippen LogP) is 3.16. The van der Waals surface area contributed by atoms with Gasteiger partial charge in [-0.1, -0.05) is 42.5 Å². The molecule has 5 nitrogen and oxygen atoms in total. The molecule has 0 aliphatic heterocycles. The molecule has 0 amide bonds. The van der Waals surface area contributed by atoms with Crippen molar-refractivity contribution in [3.05, 3.63) is 100 Å². The fraction of sp³-hybridized carbons (Fsp3) is 0.143. The fourth-order valence-electron chi connectivity index (χ4n) is 3.04. The Labute approximate surface area is 155 Å². The number of benzene rings is 2. The third-order valence-electron chi connectivity index (χ3n) is 4.42. The first-order valence-electron chi connectivity index (χ1n) is 8.68. The third kappa shape index (κ3) is 3.74. The van der Waals surface area contributed by atoms with Crippen molar-refractivity contribution in [3.8, 4) is 0 Å². The minimum absolute atomic E-state index is 0.179. The smallest absolute Gasteiger partial charge is 0.274 e. The fourth-order valence-corrected chi connectivity index (χ4v) is 3.04. The first kappa shape index (κ1) is 17.0. The number of aromatic nitrogens is 4. The molecule has 134 valence electrons. The average Bonchev–Trinajstić information content (AvgIpc) is 2.71. The van der Waals surface area contributed by atoms with E-state index in [9.17, 15) is 9.18 Å². The van der Waals surface area contributed by atoms with E-state index in [0.29, 0.717) is 29.8 Å². The Balaban J connectivity index is 1.73. The summed E-state index contributed by atoms with van der Waals surface area (Å²) in [6.07, 6.45) is 4.25. The molecule has 0 saturated carbocycles. The number of nitrogens with zero attached hydrogens (tertiary/aromatic N) is 4. The van der Waals surface area contributed by atoms with Crippen LogP contribution in [-0.2, 0) is 19.4 Å². The Morgan fingerprint density at radius 3 is 2.48 bits per heavy atom. The molecule has 0 aliphatic carbocycles. The van der Waals surface area contributed by atoms with Gasteiger partial charge in [-0.05, 0) is 36.1 Å². The van der Waals surface area contributed by atoms with E-state index in [0.717, 1.165) is 17.5 Å². The van der Waals surface area contributed by atoms with Crippen LogP contribution in [0.2, 0.25) is 0 Å². The molecule has 0 radical (unpaired) electrons. The lowest BCUT2D eigenvalue weighted by Crippen LogP contribution is -2.27. The molecule has 2 aromatic carbocycles. The maximum Gasteiger partial charge on any atom is 0.274 e. The van der Waals surface area contributed by atoms with Crippen LogP contribution in [0, 0.1) is 5.82 Å². The number of fused-ring (bicyclic) bond motifs is 1. The van der Waals surface area contributed by atoms with Gasteiger partial charge < -0.3 is 0 Å². The second kappa shape index (κ2) is 7.45. The van der Waals surface area contributed by atoms with Crippen LogP contribution >= 0.6 is 0 Å². The molecule has 0 spiro atoms. The molecule has 2 aromatic heterocycles. The monoisotopic (exact) mass is 360 g/mol. The van der Waals surface area contributed by atoms with Crippen molar-refractivity contribution in [2.45, 2.75) is 19.4 Å². The van der Waals surface area contributed by atoms with Gasteiger partial charge in [0, 0.05) is 0 Å². The third-order valence-corrected chi connectivity index (χ3v) is 4.42. The maximum absolute atomic E-state index is 13.2. The summed E-state index contributed by atoms with van der Waals surface area (Å²) in [6, 6.07) is 16.1. The summed E-state index contributed by atoms with van der Waals surface area (Å²) in [6.45, 7) is 0.299. The van der Waals surface area contributed by atoms with E-state index < -0.39 is 0 Å². The highest BCUT2D eigenvalue weighted by Gasteiger charge is 2.13. The van der Waals surface area contributed by atoms with Gasteiger partial charge in [0.25, 0.3) is 5.56 Å². The highest BCUT2D eigenvalue weighted by Crippen LogP contribution is 2.11. The highest BCUT2D eigenvalue weighted by molar-refractivity contribution is 5.68. The first-order valence-corrected chi connectivity index (χ1v) is 8.68. The molecule has 27 heavy (non-hydrogen) atoms.